The van der Waals surface area contributed by atoms with Crippen LogP contribution < -0.4 is 10.2 Å². The number of rotatable bonds is 4. The van der Waals surface area contributed by atoms with Crippen LogP contribution in [0.15, 0.2) is 54.6 Å². The lowest BCUT2D eigenvalue weighted by Crippen LogP contribution is -2.55. The molecule has 34 heavy (non-hydrogen) atoms. The van der Waals surface area contributed by atoms with Crippen LogP contribution in [0.5, 0.6) is 0 Å². The van der Waals surface area contributed by atoms with E-state index >= 15 is 0 Å². The molecule has 1 aromatic heterocycles. The van der Waals surface area contributed by atoms with E-state index in [1.165, 1.54) is 11.1 Å². The zero-order chi connectivity index (χ0) is 24.3. The number of anilines is 1. The number of nitrogens with zero attached hydrogens (tertiary/aromatic N) is 4. The summed E-state index contributed by atoms with van der Waals surface area (Å²) < 4.78 is 0. The van der Waals surface area contributed by atoms with Gasteiger partial charge in [0.05, 0.1) is 0 Å². The molecule has 3 aromatic rings. The van der Waals surface area contributed by atoms with Gasteiger partial charge in [-0.2, -0.15) is 0 Å². The van der Waals surface area contributed by atoms with E-state index in [2.05, 4.69) is 66.5 Å². The van der Waals surface area contributed by atoms with Crippen LogP contribution in [-0.4, -0.2) is 52.6 Å². The lowest BCUT2D eigenvalue weighted by molar-refractivity contribution is 0.185. The van der Waals surface area contributed by atoms with Gasteiger partial charge in [0, 0.05) is 55.0 Å². The van der Waals surface area contributed by atoms with Crippen LogP contribution in [0.25, 0.3) is 11.4 Å². The van der Waals surface area contributed by atoms with E-state index in [9.17, 15) is 4.79 Å². The molecule has 0 saturated carbocycles. The fourth-order valence-electron chi connectivity index (χ4n) is 4.28. The fraction of sp³-hybridized carbons (Fsp3) is 0.393. The number of piperazine rings is 1. The third-order valence-corrected chi connectivity index (χ3v) is 6.04. The molecule has 0 aliphatic carbocycles. The maximum atomic E-state index is 12.7. The molecule has 0 radical (unpaired) electrons. The number of aryl methyl sites for hydroxylation is 2. The summed E-state index contributed by atoms with van der Waals surface area (Å²) in [6.07, 6.45) is 0.779. The highest BCUT2D eigenvalue weighted by atomic mass is 16.2. The van der Waals surface area contributed by atoms with Crippen LogP contribution in [0.4, 0.5) is 10.6 Å². The molecular formula is C28H35N5O. The quantitative estimate of drug-likeness (QED) is 0.600. The van der Waals surface area contributed by atoms with Gasteiger partial charge in [-0.3, -0.25) is 0 Å². The minimum absolute atomic E-state index is 0.00373. The molecule has 2 amide bonds. The van der Waals surface area contributed by atoms with Crippen molar-refractivity contribution in [3.8, 4) is 11.4 Å². The van der Waals surface area contributed by atoms with Gasteiger partial charge in [0.25, 0.3) is 0 Å². The Bertz CT molecular complexity index is 1150. The summed E-state index contributed by atoms with van der Waals surface area (Å²) in [5.74, 6) is 1.73. The normalized spacial score (nSPS) is 14.3. The van der Waals surface area contributed by atoms with Gasteiger partial charge < -0.3 is 15.1 Å². The van der Waals surface area contributed by atoms with Gasteiger partial charge in [-0.05, 0) is 46.2 Å². The fourth-order valence-corrected chi connectivity index (χ4v) is 4.28. The van der Waals surface area contributed by atoms with Gasteiger partial charge in [-0.25, -0.2) is 14.8 Å². The molecule has 0 unspecified atom stereocenters. The first kappa shape index (κ1) is 23.7. The largest absolute Gasteiger partial charge is 0.353 e. The van der Waals surface area contributed by atoms with Crippen molar-refractivity contribution in [2.24, 2.45) is 0 Å². The maximum Gasteiger partial charge on any atom is 0.317 e. The Kier molecular flexibility index (Phi) is 6.87. The number of carbonyl (C=O) groups excluding carboxylic acids is 1. The summed E-state index contributed by atoms with van der Waals surface area (Å²) in [5, 5.41) is 3.08. The number of carbonyl (C=O) groups is 1. The van der Waals surface area contributed by atoms with E-state index in [4.69, 9.17) is 9.97 Å². The Morgan fingerprint density at radius 2 is 1.65 bits per heavy atom. The molecule has 1 fully saturated rings. The Morgan fingerprint density at radius 1 is 0.941 bits per heavy atom. The first-order valence-electron chi connectivity index (χ1n) is 12.0. The molecule has 1 N–H and O–H groups in total. The van der Waals surface area contributed by atoms with Gasteiger partial charge in [-0.15, -0.1) is 0 Å². The predicted molar refractivity (Wildman–Crippen MR) is 138 cm³/mol. The molecule has 1 aliphatic heterocycles. The topological polar surface area (TPSA) is 61.4 Å². The minimum Gasteiger partial charge on any atom is -0.353 e. The molecule has 1 aliphatic rings. The van der Waals surface area contributed by atoms with Crippen LogP contribution in [0, 0.1) is 13.8 Å². The smallest absolute Gasteiger partial charge is 0.317 e. The van der Waals surface area contributed by atoms with Crippen molar-refractivity contribution in [2.75, 3.05) is 31.1 Å². The monoisotopic (exact) mass is 457 g/mol. The first-order valence-corrected chi connectivity index (χ1v) is 12.0. The molecule has 2 heterocycles. The summed E-state index contributed by atoms with van der Waals surface area (Å²) in [6, 6.07) is 18.8. The minimum atomic E-state index is -0.246. The summed E-state index contributed by atoms with van der Waals surface area (Å²) >= 11 is 0. The molecule has 0 bridgehead atoms. The molecular weight excluding hydrogens is 422 g/mol. The van der Waals surface area contributed by atoms with Crippen molar-refractivity contribution in [3.05, 3.63) is 77.0 Å². The number of benzene rings is 2. The molecule has 0 atom stereocenters. The lowest BCUT2D eigenvalue weighted by Gasteiger charge is -2.37. The Labute approximate surface area is 203 Å². The summed E-state index contributed by atoms with van der Waals surface area (Å²) in [4.78, 5) is 26.9. The Morgan fingerprint density at radius 3 is 2.29 bits per heavy atom. The van der Waals surface area contributed by atoms with Crippen LogP contribution in [0.1, 0.15) is 43.2 Å². The van der Waals surface area contributed by atoms with E-state index in [1.54, 1.807) is 0 Å². The number of hydrogen-bond donors (Lipinski definition) is 1. The van der Waals surface area contributed by atoms with E-state index in [0.717, 1.165) is 48.0 Å². The first-order chi connectivity index (χ1) is 16.2. The van der Waals surface area contributed by atoms with Crippen molar-refractivity contribution in [1.29, 1.82) is 0 Å². The van der Waals surface area contributed by atoms with E-state index in [1.807, 2.05) is 37.8 Å². The lowest BCUT2D eigenvalue weighted by atomic mass is 10.0. The summed E-state index contributed by atoms with van der Waals surface area (Å²) in [7, 11) is 0. The van der Waals surface area contributed by atoms with Gasteiger partial charge >= 0.3 is 6.03 Å². The number of hydrogen-bond acceptors (Lipinski definition) is 4. The average Bonchev–Trinajstić information content (AvgIpc) is 2.80. The zero-order valence-electron chi connectivity index (χ0n) is 20.9. The van der Waals surface area contributed by atoms with Gasteiger partial charge in [0.15, 0.2) is 5.82 Å². The number of urea groups is 1. The highest BCUT2D eigenvalue weighted by molar-refractivity contribution is 5.75. The SMILES string of the molecule is Cc1cccc(-c2nc(C)c(Cc3ccccc3)c(N3CCN(C(=O)NC(C)(C)C)CC3)n2)c1. The number of amides is 2. The molecule has 4 rings (SSSR count). The van der Waals surface area contributed by atoms with Crippen molar-refractivity contribution < 1.29 is 4.79 Å². The predicted octanol–water partition coefficient (Wildman–Crippen LogP) is 4.98. The third kappa shape index (κ3) is 5.74. The Balaban J connectivity index is 1.64. The molecule has 1 saturated heterocycles. The highest BCUT2D eigenvalue weighted by Gasteiger charge is 2.27. The molecule has 178 valence electrons. The second-order valence-corrected chi connectivity index (χ2v) is 10.1. The average molecular weight is 458 g/mol. The number of nitrogens with one attached hydrogen (secondary N) is 1. The van der Waals surface area contributed by atoms with Crippen LogP contribution in [-0.2, 0) is 6.42 Å². The molecule has 6 heteroatoms. The van der Waals surface area contributed by atoms with Crippen LogP contribution in [0.3, 0.4) is 0 Å². The Hall–Kier alpha value is -3.41. The zero-order valence-corrected chi connectivity index (χ0v) is 20.9. The standard InChI is InChI=1S/C28H35N5O/c1-20-10-9-13-23(18-20)25-29-21(2)24(19-22-11-7-6-8-12-22)26(30-25)32-14-16-33(17-15-32)27(34)31-28(3,4)5/h6-13,18H,14-17,19H2,1-5H3,(H,31,34). The van der Waals surface area contributed by atoms with Crippen LogP contribution in [0.2, 0.25) is 0 Å². The molecule has 2 aromatic carbocycles. The van der Waals surface area contributed by atoms with Gasteiger partial charge in [0.1, 0.15) is 5.82 Å². The maximum absolute atomic E-state index is 12.7. The van der Waals surface area contributed by atoms with Gasteiger partial charge in [-0.1, -0.05) is 54.1 Å². The number of aromatic nitrogens is 2. The van der Waals surface area contributed by atoms with Crippen molar-refractivity contribution in [3.63, 3.8) is 0 Å². The molecule has 0 spiro atoms. The molecule has 6 nitrogen and oxygen atoms in total. The van der Waals surface area contributed by atoms with E-state index in [0.29, 0.717) is 13.1 Å². The van der Waals surface area contributed by atoms with E-state index in [-0.39, 0.29) is 11.6 Å². The van der Waals surface area contributed by atoms with Gasteiger partial charge in [0.2, 0.25) is 0 Å². The van der Waals surface area contributed by atoms with Crippen LogP contribution >= 0.6 is 0 Å². The second kappa shape index (κ2) is 9.84. The third-order valence-electron chi connectivity index (χ3n) is 6.04. The second-order valence-electron chi connectivity index (χ2n) is 10.1. The highest BCUT2D eigenvalue weighted by Crippen LogP contribution is 2.28. The van der Waals surface area contributed by atoms with Crippen molar-refractivity contribution in [2.45, 2.75) is 46.6 Å². The summed E-state index contributed by atoms with van der Waals surface area (Å²) in [5.41, 5.74) is 5.35. The van der Waals surface area contributed by atoms with E-state index < -0.39 is 0 Å². The van der Waals surface area contributed by atoms with Crippen molar-refractivity contribution in [1.82, 2.24) is 20.2 Å². The summed E-state index contributed by atoms with van der Waals surface area (Å²) in [6.45, 7) is 13.0. The van der Waals surface area contributed by atoms with Crippen molar-refractivity contribution >= 4 is 11.8 Å².